The number of primary amides is 1. The molecule has 4 saturated carbocycles. The minimum Gasteiger partial charge on any atom is -0.483 e. The highest BCUT2D eigenvalue weighted by molar-refractivity contribution is 9.10. The normalized spacial score (nSPS) is 32.0. The third-order valence-electron chi connectivity index (χ3n) is 7.00. The van der Waals surface area contributed by atoms with Crippen molar-refractivity contribution in [2.75, 3.05) is 6.61 Å². The van der Waals surface area contributed by atoms with Gasteiger partial charge in [-0.25, -0.2) is 0 Å². The Bertz CT molecular complexity index is 661. The number of hydrogen-bond donors (Lipinski definition) is 2. The molecule has 150 valence electrons. The molecule has 1 unspecified atom stereocenters. The molecule has 6 heteroatoms. The first-order chi connectivity index (χ1) is 12.4. The van der Waals surface area contributed by atoms with Crippen LogP contribution in [-0.2, 0) is 11.3 Å². The van der Waals surface area contributed by atoms with Gasteiger partial charge in [-0.2, -0.15) is 0 Å². The van der Waals surface area contributed by atoms with E-state index in [0.29, 0.717) is 11.5 Å². The summed E-state index contributed by atoms with van der Waals surface area (Å²) in [6, 6.07) is 6.40. The number of carbonyl (C=O) groups is 1. The number of ether oxygens (including phenoxy) is 1. The van der Waals surface area contributed by atoms with E-state index in [4.69, 9.17) is 10.5 Å². The van der Waals surface area contributed by atoms with Gasteiger partial charge < -0.3 is 15.8 Å². The fourth-order valence-electron chi connectivity index (χ4n) is 6.16. The highest BCUT2D eigenvalue weighted by Crippen LogP contribution is 2.61. The maximum Gasteiger partial charge on any atom is 0.255 e. The third kappa shape index (κ3) is 4.46. The highest BCUT2D eigenvalue weighted by atomic mass is 79.9. The summed E-state index contributed by atoms with van der Waals surface area (Å²) in [6.07, 6.45) is 8.62. The zero-order chi connectivity index (χ0) is 18.3. The van der Waals surface area contributed by atoms with Crippen molar-refractivity contribution in [3.8, 4) is 5.75 Å². The quantitative estimate of drug-likeness (QED) is 0.636. The van der Waals surface area contributed by atoms with Crippen LogP contribution in [0.5, 0.6) is 5.75 Å². The van der Waals surface area contributed by atoms with Crippen LogP contribution >= 0.6 is 28.3 Å². The van der Waals surface area contributed by atoms with Gasteiger partial charge in [0.05, 0.1) is 0 Å². The molecule has 1 atom stereocenters. The lowest BCUT2D eigenvalue weighted by atomic mass is 9.48. The molecule has 27 heavy (non-hydrogen) atoms. The summed E-state index contributed by atoms with van der Waals surface area (Å²) in [5.41, 5.74) is 6.77. The molecule has 5 rings (SSSR count). The van der Waals surface area contributed by atoms with Gasteiger partial charge >= 0.3 is 0 Å². The van der Waals surface area contributed by atoms with Crippen LogP contribution in [-0.4, -0.2) is 18.6 Å². The van der Waals surface area contributed by atoms with Gasteiger partial charge in [0.15, 0.2) is 6.61 Å². The molecule has 4 aliphatic rings. The molecular formula is C21H30BrClN2O2. The molecule has 0 saturated heterocycles. The maximum atomic E-state index is 11.0. The molecule has 4 nitrogen and oxygen atoms in total. The molecule has 0 aromatic heterocycles. The van der Waals surface area contributed by atoms with Crippen molar-refractivity contribution < 1.29 is 9.53 Å². The van der Waals surface area contributed by atoms with Crippen LogP contribution in [0.4, 0.5) is 0 Å². The summed E-state index contributed by atoms with van der Waals surface area (Å²) in [4.78, 5) is 11.0. The lowest BCUT2D eigenvalue weighted by Crippen LogP contribution is -2.54. The lowest BCUT2D eigenvalue weighted by molar-refractivity contribution is -0.119. The summed E-state index contributed by atoms with van der Waals surface area (Å²) in [5, 5.41) is 3.79. The molecule has 4 bridgehead atoms. The Hall–Kier alpha value is -0.780. The first kappa shape index (κ1) is 20.9. The van der Waals surface area contributed by atoms with Gasteiger partial charge in [0.2, 0.25) is 0 Å². The van der Waals surface area contributed by atoms with Gasteiger partial charge in [0, 0.05) is 22.6 Å². The molecule has 0 spiro atoms. The third-order valence-corrected chi connectivity index (χ3v) is 7.49. The summed E-state index contributed by atoms with van der Waals surface area (Å²) in [7, 11) is 0. The molecule has 0 aliphatic heterocycles. The number of benzene rings is 1. The average molecular weight is 458 g/mol. The minimum atomic E-state index is -0.450. The zero-order valence-electron chi connectivity index (χ0n) is 15.9. The van der Waals surface area contributed by atoms with E-state index >= 15 is 0 Å². The second kappa shape index (κ2) is 8.30. The molecule has 3 N–H and O–H groups in total. The molecule has 1 aromatic carbocycles. The Morgan fingerprint density at radius 3 is 2.41 bits per heavy atom. The molecule has 0 radical (unpaired) electrons. The number of nitrogens with two attached hydrogens (primary N) is 1. The van der Waals surface area contributed by atoms with E-state index in [9.17, 15) is 4.79 Å². The van der Waals surface area contributed by atoms with Crippen LogP contribution in [0.3, 0.4) is 0 Å². The number of halogens is 2. The van der Waals surface area contributed by atoms with E-state index in [0.717, 1.165) is 40.1 Å². The van der Waals surface area contributed by atoms with Gasteiger partial charge in [-0.3, -0.25) is 4.79 Å². The molecule has 0 heterocycles. The van der Waals surface area contributed by atoms with Crippen molar-refractivity contribution in [3.63, 3.8) is 0 Å². The van der Waals surface area contributed by atoms with Crippen LogP contribution in [0.25, 0.3) is 0 Å². The van der Waals surface area contributed by atoms with Gasteiger partial charge in [-0.05, 0) is 86.8 Å². The second-order valence-corrected chi connectivity index (χ2v) is 9.81. The van der Waals surface area contributed by atoms with Crippen molar-refractivity contribution in [1.29, 1.82) is 0 Å². The maximum absolute atomic E-state index is 11.0. The minimum absolute atomic E-state index is 0. The Kier molecular flexibility index (Phi) is 6.44. The van der Waals surface area contributed by atoms with E-state index < -0.39 is 5.91 Å². The first-order valence-corrected chi connectivity index (χ1v) is 10.7. The molecule has 1 amide bonds. The fourth-order valence-corrected chi connectivity index (χ4v) is 6.57. The monoisotopic (exact) mass is 456 g/mol. The highest BCUT2D eigenvalue weighted by Gasteiger charge is 2.52. The van der Waals surface area contributed by atoms with Crippen molar-refractivity contribution in [2.45, 2.75) is 58.0 Å². The lowest BCUT2D eigenvalue weighted by Gasteiger charge is -2.59. The predicted octanol–water partition coefficient (Wildman–Crippen LogP) is 4.43. The Morgan fingerprint density at radius 2 is 1.85 bits per heavy atom. The SMILES string of the molecule is CC(NCc1cc(Br)ccc1OCC(N)=O)C12CC3CC(CC(C3)C1)C2.Cl. The Balaban J connectivity index is 0.00000210. The van der Waals surface area contributed by atoms with Gasteiger partial charge in [-0.1, -0.05) is 15.9 Å². The topological polar surface area (TPSA) is 64.3 Å². The van der Waals surface area contributed by atoms with Crippen LogP contribution < -0.4 is 15.8 Å². The first-order valence-electron chi connectivity index (χ1n) is 9.86. The number of rotatable bonds is 7. The Morgan fingerprint density at radius 1 is 1.26 bits per heavy atom. The second-order valence-electron chi connectivity index (χ2n) is 8.89. The van der Waals surface area contributed by atoms with E-state index in [1.54, 1.807) is 0 Å². The van der Waals surface area contributed by atoms with Crippen molar-refractivity contribution in [3.05, 3.63) is 28.2 Å². The molecular weight excluding hydrogens is 428 g/mol. The summed E-state index contributed by atoms with van der Waals surface area (Å²) in [5.74, 6) is 3.17. The van der Waals surface area contributed by atoms with Crippen molar-refractivity contribution in [2.24, 2.45) is 28.9 Å². The zero-order valence-corrected chi connectivity index (χ0v) is 18.3. The Labute approximate surface area is 176 Å². The van der Waals surface area contributed by atoms with E-state index in [2.05, 4.69) is 34.2 Å². The smallest absolute Gasteiger partial charge is 0.255 e. The van der Waals surface area contributed by atoms with E-state index in [1.165, 1.54) is 38.5 Å². The van der Waals surface area contributed by atoms with Crippen LogP contribution in [0.2, 0.25) is 0 Å². The van der Waals surface area contributed by atoms with Crippen molar-refractivity contribution >= 4 is 34.2 Å². The summed E-state index contributed by atoms with van der Waals surface area (Å²) < 4.78 is 6.62. The summed E-state index contributed by atoms with van der Waals surface area (Å²) >= 11 is 3.54. The molecule has 4 fully saturated rings. The number of amides is 1. The largest absolute Gasteiger partial charge is 0.483 e. The molecule has 1 aromatic rings. The van der Waals surface area contributed by atoms with E-state index in [-0.39, 0.29) is 19.0 Å². The van der Waals surface area contributed by atoms with Gasteiger partial charge in [0.25, 0.3) is 5.91 Å². The van der Waals surface area contributed by atoms with Crippen LogP contribution in [0.15, 0.2) is 22.7 Å². The number of hydrogen-bond acceptors (Lipinski definition) is 3. The number of carbonyl (C=O) groups excluding carboxylic acids is 1. The van der Waals surface area contributed by atoms with Gasteiger partial charge in [0.1, 0.15) is 5.75 Å². The molecule has 4 aliphatic carbocycles. The van der Waals surface area contributed by atoms with Crippen molar-refractivity contribution in [1.82, 2.24) is 5.32 Å². The van der Waals surface area contributed by atoms with Crippen LogP contribution in [0, 0.1) is 23.2 Å². The average Bonchev–Trinajstić information content (AvgIpc) is 2.57. The van der Waals surface area contributed by atoms with Crippen LogP contribution in [0.1, 0.15) is 51.0 Å². The standard InChI is InChI=1S/C21H29BrN2O2.ClH/c1-13(21-8-14-4-15(9-21)6-16(5-14)10-21)24-11-17-7-18(22)2-3-19(17)26-12-20(23)25;/h2-3,7,13-16,24H,4-6,8-12H2,1H3,(H2,23,25);1H. The predicted molar refractivity (Wildman–Crippen MR) is 113 cm³/mol. The van der Waals surface area contributed by atoms with E-state index in [1.807, 2.05) is 12.1 Å². The number of nitrogens with one attached hydrogen (secondary N) is 1. The fraction of sp³-hybridized carbons (Fsp3) is 0.667. The van der Waals surface area contributed by atoms with Gasteiger partial charge in [-0.15, -0.1) is 12.4 Å². The summed E-state index contributed by atoms with van der Waals surface area (Å²) in [6.45, 7) is 3.03.